The van der Waals surface area contributed by atoms with Crippen LogP contribution in [0.15, 0.2) is 0 Å². The quantitative estimate of drug-likeness (QED) is 0.674. The minimum Gasteiger partial charge on any atom is -0.346 e. The van der Waals surface area contributed by atoms with Gasteiger partial charge >= 0.3 is 0 Å². The molecule has 0 amide bonds. The predicted molar refractivity (Wildman–Crippen MR) is 67.8 cm³/mol. The van der Waals surface area contributed by atoms with Crippen molar-refractivity contribution in [1.82, 2.24) is 0 Å². The molecule has 0 saturated heterocycles. The molecular formula is C12H27O2P. The fourth-order valence-electron chi connectivity index (χ4n) is 2.61. The first kappa shape index (κ1) is 15.2. The Morgan fingerprint density at radius 2 is 1.53 bits per heavy atom. The van der Waals surface area contributed by atoms with Gasteiger partial charge in [-0.05, 0) is 31.1 Å². The van der Waals surface area contributed by atoms with Gasteiger partial charge in [0, 0.05) is 5.16 Å². The molecule has 0 aliphatic heterocycles. The third-order valence-corrected chi connectivity index (χ3v) is 4.35. The zero-order chi connectivity index (χ0) is 12.1. The van der Waals surface area contributed by atoms with Crippen molar-refractivity contribution in [2.45, 2.75) is 65.5 Å². The van der Waals surface area contributed by atoms with Crippen LogP contribution in [0.2, 0.25) is 0 Å². The highest BCUT2D eigenvalue weighted by molar-refractivity contribution is 7.40. The molecule has 0 aromatic carbocycles. The first-order valence-corrected chi connectivity index (χ1v) is 7.43. The molecule has 0 aliphatic rings. The molecule has 15 heavy (non-hydrogen) atoms. The molecule has 0 aromatic rings. The molecule has 0 aliphatic carbocycles. The number of hydrogen-bond donors (Lipinski definition) is 1. The van der Waals surface area contributed by atoms with Crippen molar-refractivity contribution < 1.29 is 9.46 Å². The van der Waals surface area contributed by atoms with E-state index in [1.54, 1.807) is 0 Å². The van der Waals surface area contributed by atoms with E-state index in [4.69, 9.17) is 0 Å². The first-order valence-electron chi connectivity index (χ1n) is 6.07. The van der Waals surface area contributed by atoms with E-state index < -0.39 is 8.03 Å². The molecule has 0 rings (SSSR count). The van der Waals surface area contributed by atoms with Crippen molar-refractivity contribution in [1.29, 1.82) is 0 Å². The van der Waals surface area contributed by atoms with E-state index in [1.807, 2.05) is 0 Å². The van der Waals surface area contributed by atoms with Gasteiger partial charge in [0.25, 0.3) is 0 Å². The normalized spacial score (nSPS) is 14.9. The van der Waals surface area contributed by atoms with Gasteiger partial charge in [-0.3, -0.25) is 4.57 Å². The van der Waals surface area contributed by atoms with E-state index in [-0.39, 0.29) is 5.16 Å². The van der Waals surface area contributed by atoms with Crippen molar-refractivity contribution in [3.8, 4) is 0 Å². The smallest absolute Gasteiger partial charge is 0.195 e. The van der Waals surface area contributed by atoms with Crippen LogP contribution in [0.3, 0.4) is 0 Å². The third kappa shape index (κ3) is 5.17. The van der Waals surface area contributed by atoms with E-state index in [0.29, 0.717) is 11.8 Å². The lowest BCUT2D eigenvalue weighted by Gasteiger charge is -2.34. The van der Waals surface area contributed by atoms with Crippen LogP contribution < -0.4 is 0 Å². The molecule has 1 unspecified atom stereocenters. The fraction of sp³-hybridized carbons (Fsp3) is 1.00. The highest BCUT2D eigenvalue weighted by Crippen LogP contribution is 2.48. The summed E-state index contributed by atoms with van der Waals surface area (Å²) in [5, 5.41) is -0.304. The van der Waals surface area contributed by atoms with Gasteiger partial charge in [-0.1, -0.05) is 41.0 Å². The van der Waals surface area contributed by atoms with Crippen LogP contribution in [0, 0.1) is 11.8 Å². The van der Waals surface area contributed by atoms with Crippen molar-refractivity contribution in [2.75, 3.05) is 0 Å². The second kappa shape index (κ2) is 6.70. The molecule has 0 fully saturated rings. The number of hydrogen-bond acceptors (Lipinski definition) is 1. The van der Waals surface area contributed by atoms with Crippen LogP contribution in [-0.4, -0.2) is 10.0 Å². The first-order chi connectivity index (χ1) is 6.84. The Morgan fingerprint density at radius 1 is 1.13 bits per heavy atom. The summed E-state index contributed by atoms with van der Waals surface area (Å²) in [7, 11) is -2.44. The Bertz CT molecular complexity index is 190. The number of rotatable bonds is 7. The monoisotopic (exact) mass is 234 g/mol. The zero-order valence-electron chi connectivity index (χ0n) is 10.8. The Hall–Kier alpha value is 0.190. The lowest BCUT2D eigenvalue weighted by Crippen LogP contribution is -2.28. The van der Waals surface area contributed by atoms with E-state index in [0.717, 1.165) is 25.7 Å². The van der Waals surface area contributed by atoms with Gasteiger partial charge in [-0.25, -0.2) is 0 Å². The molecule has 0 saturated carbocycles. The maximum Gasteiger partial charge on any atom is 0.195 e. The Morgan fingerprint density at radius 3 is 1.73 bits per heavy atom. The molecule has 0 bridgehead atoms. The Labute approximate surface area is 95.3 Å². The summed E-state index contributed by atoms with van der Waals surface area (Å²) in [6, 6.07) is 0. The summed E-state index contributed by atoms with van der Waals surface area (Å²) in [6.07, 6.45) is 3.65. The lowest BCUT2D eigenvalue weighted by molar-refractivity contribution is 0.320. The summed E-state index contributed by atoms with van der Waals surface area (Å²) in [5.74, 6) is 0.993. The average molecular weight is 234 g/mol. The highest BCUT2D eigenvalue weighted by Gasteiger charge is 2.36. The molecule has 1 atom stereocenters. The van der Waals surface area contributed by atoms with Gasteiger partial charge in [0.05, 0.1) is 0 Å². The second-order valence-corrected chi connectivity index (χ2v) is 7.20. The summed E-state index contributed by atoms with van der Waals surface area (Å²) in [4.78, 5) is 9.64. The molecule has 0 heterocycles. The Balaban J connectivity index is 4.80. The van der Waals surface area contributed by atoms with Crippen LogP contribution in [-0.2, 0) is 4.57 Å². The van der Waals surface area contributed by atoms with Gasteiger partial charge in [-0.15, -0.1) is 0 Å². The molecule has 1 N–H and O–H groups in total. The molecule has 2 nitrogen and oxygen atoms in total. The minimum atomic E-state index is -2.44. The van der Waals surface area contributed by atoms with Crippen molar-refractivity contribution in [3.63, 3.8) is 0 Å². The van der Waals surface area contributed by atoms with Crippen LogP contribution in [0.25, 0.3) is 0 Å². The summed E-state index contributed by atoms with van der Waals surface area (Å²) in [6.45, 7) is 10.6. The average Bonchev–Trinajstić information content (AvgIpc) is 2.01. The largest absolute Gasteiger partial charge is 0.346 e. The maximum absolute atomic E-state index is 11.7. The molecule has 0 aromatic heterocycles. The summed E-state index contributed by atoms with van der Waals surface area (Å²) < 4.78 is 11.7. The molecule has 92 valence electrons. The van der Waals surface area contributed by atoms with Crippen molar-refractivity contribution in [3.05, 3.63) is 0 Å². The predicted octanol–water partition coefficient (Wildman–Crippen LogP) is 4.08. The topological polar surface area (TPSA) is 37.3 Å². The third-order valence-electron chi connectivity index (χ3n) is 2.78. The molecular weight excluding hydrogens is 207 g/mol. The van der Waals surface area contributed by atoms with Crippen LogP contribution in [0.5, 0.6) is 0 Å². The summed E-state index contributed by atoms with van der Waals surface area (Å²) >= 11 is 0. The minimum absolute atomic E-state index is 0.304. The molecule has 0 spiro atoms. The summed E-state index contributed by atoms with van der Waals surface area (Å²) in [5.41, 5.74) is 0. The second-order valence-electron chi connectivity index (χ2n) is 5.53. The molecule has 3 heteroatoms. The Kier molecular flexibility index (Phi) is 6.79. The van der Waals surface area contributed by atoms with E-state index >= 15 is 0 Å². The van der Waals surface area contributed by atoms with Gasteiger partial charge in [0.2, 0.25) is 0 Å². The zero-order valence-corrected chi connectivity index (χ0v) is 11.8. The van der Waals surface area contributed by atoms with Crippen LogP contribution >= 0.6 is 8.03 Å². The highest BCUT2D eigenvalue weighted by atomic mass is 31.1. The lowest BCUT2D eigenvalue weighted by atomic mass is 9.85. The molecule has 0 radical (unpaired) electrons. The van der Waals surface area contributed by atoms with Crippen molar-refractivity contribution >= 4 is 8.03 Å². The SMILES string of the molecule is CCCC(CC(C)C)(CC(C)C)[PH](=O)O. The van der Waals surface area contributed by atoms with E-state index in [2.05, 4.69) is 34.6 Å². The van der Waals surface area contributed by atoms with Gasteiger partial charge in [-0.2, -0.15) is 0 Å². The van der Waals surface area contributed by atoms with Gasteiger partial charge < -0.3 is 4.89 Å². The van der Waals surface area contributed by atoms with Gasteiger partial charge in [0.15, 0.2) is 8.03 Å². The van der Waals surface area contributed by atoms with E-state index in [1.165, 1.54) is 0 Å². The van der Waals surface area contributed by atoms with Crippen LogP contribution in [0.1, 0.15) is 60.3 Å². The van der Waals surface area contributed by atoms with Crippen LogP contribution in [0.4, 0.5) is 0 Å². The maximum atomic E-state index is 11.7. The van der Waals surface area contributed by atoms with Gasteiger partial charge in [0.1, 0.15) is 0 Å². The van der Waals surface area contributed by atoms with Crippen molar-refractivity contribution in [2.24, 2.45) is 11.8 Å². The fourth-order valence-corrected chi connectivity index (χ4v) is 4.24. The van der Waals surface area contributed by atoms with E-state index in [9.17, 15) is 9.46 Å². The standard InChI is InChI=1S/C12H27O2P/c1-6-7-12(15(13)14,8-10(2)3)9-11(4)5/h10-11,15H,6-9H2,1-5H3,(H,13,14).